The molecule has 0 fully saturated rings. The number of carbonyl (C=O) groups is 1. The van der Waals surface area contributed by atoms with Crippen LogP contribution in [-0.4, -0.2) is 35.9 Å². The van der Waals surface area contributed by atoms with E-state index in [4.69, 9.17) is 5.11 Å². The van der Waals surface area contributed by atoms with Crippen LogP contribution in [0.25, 0.3) is 0 Å². The van der Waals surface area contributed by atoms with Crippen LogP contribution in [0, 0.1) is 27.2 Å². The van der Waals surface area contributed by atoms with Crippen molar-refractivity contribution in [2.75, 3.05) is 10.8 Å². The van der Waals surface area contributed by atoms with Gasteiger partial charge in [0.05, 0.1) is 26.9 Å². The van der Waals surface area contributed by atoms with E-state index in [0.717, 1.165) is 34.6 Å². The van der Waals surface area contributed by atoms with Crippen LogP contribution in [0.15, 0.2) is 47.4 Å². The van der Waals surface area contributed by atoms with Crippen molar-refractivity contribution in [1.29, 1.82) is 0 Å². The molecule has 0 aliphatic carbocycles. The van der Waals surface area contributed by atoms with Crippen LogP contribution in [0.4, 0.5) is 17.1 Å². The molecule has 0 aliphatic rings. The first-order valence-corrected chi connectivity index (χ1v) is 9.22. The summed E-state index contributed by atoms with van der Waals surface area (Å²) in [6, 6.07) is 7.79. The molecule has 0 atom stereocenters. The van der Waals surface area contributed by atoms with Gasteiger partial charge in [0.1, 0.15) is 0 Å². The lowest BCUT2D eigenvalue weighted by Crippen LogP contribution is -2.33. The van der Waals surface area contributed by atoms with E-state index in [1.165, 1.54) is 19.1 Å². The fourth-order valence-electron chi connectivity index (χ4n) is 2.49. The summed E-state index contributed by atoms with van der Waals surface area (Å²) in [5, 5.41) is 30.8. The molecule has 0 unspecified atom stereocenters. The summed E-state index contributed by atoms with van der Waals surface area (Å²) < 4.78 is 26.9. The maximum atomic E-state index is 13.1. The molecule has 1 N–H and O–H groups in total. The first-order chi connectivity index (χ1) is 13.0. The molecule has 0 aliphatic heterocycles. The number of anilines is 1. The zero-order valence-electron chi connectivity index (χ0n) is 14.5. The summed E-state index contributed by atoms with van der Waals surface area (Å²) in [5.74, 6) is -1.25. The van der Waals surface area contributed by atoms with Crippen molar-refractivity contribution in [2.45, 2.75) is 18.2 Å². The van der Waals surface area contributed by atoms with Crippen molar-refractivity contribution in [3.63, 3.8) is 0 Å². The number of non-ortho nitro benzene ring substituents is 2. The van der Waals surface area contributed by atoms with Crippen LogP contribution in [-0.2, 0) is 14.8 Å². The largest absolute Gasteiger partial charge is 0.481 e. The van der Waals surface area contributed by atoms with Gasteiger partial charge in [0.2, 0.25) is 0 Å². The van der Waals surface area contributed by atoms with Gasteiger partial charge in [-0.25, -0.2) is 8.42 Å². The highest BCUT2D eigenvalue weighted by Crippen LogP contribution is 2.30. The molecule has 0 radical (unpaired) electrons. The molecule has 0 aromatic heterocycles. The Morgan fingerprint density at radius 2 is 1.68 bits per heavy atom. The zero-order valence-corrected chi connectivity index (χ0v) is 15.3. The van der Waals surface area contributed by atoms with Gasteiger partial charge in [0.25, 0.3) is 21.4 Å². The van der Waals surface area contributed by atoms with Crippen LogP contribution in [0.2, 0.25) is 0 Å². The van der Waals surface area contributed by atoms with Gasteiger partial charge in [-0.3, -0.25) is 29.3 Å². The molecule has 0 saturated carbocycles. The number of aryl methyl sites for hydroxylation is 1. The van der Waals surface area contributed by atoms with Gasteiger partial charge >= 0.3 is 5.97 Å². The molecular formula is C16H15N3O8S. The third-order valence-electron chi connectivity index (χ3n) is 3.81. The number of carboxylic acid groups (broad SMARTS) is 1. The summed E-state index contributed by atoms with van der Waals surface area (Å²) in [6.45, 7) is 0.984. The summed E-state index contributed by atoms with van der Waals surface area (Å²) >= 11 is 0. The van der Waals surface area contributed by atoms with E-state index in [-0.39, 0.29) is 16.9 Å². The Morgan fingerprint density at radius 3 is 2.21 bits per heavy atom. The van der Waals surface area contributed by atoms with E-state index in [1.54, 1.807) is 0 Å². The number of carboxylic acids is 1. The summed E-state index contributed by atoms with van der Waals surface area (Å²) in [6.07, 6.45) is -0.537. The van der Waals surface area contributed by atoms with Gasteiger partial charge in [-0.2, -0.15) is 0 Å². The highest BCUT2D eigenvalue weighted by Gasteiger charge is 2.28. The van der Waals surface area contributed by atoms with E-state index in [9.17, 15) is 33.4 Å². The first-order valence-electron chi connectivity index (χ1n) is 7.78. The van der Waals surface area contributed by atoms with Crippen molar-refractivity contribution in [2.24, 2.45) is 0 Å². The van der Waals surface area contributed by atoms with Crippen molar-refractivity contribution in [1.82, 2.24) is 0 Å². The average Bonchev–Trinajstić information content (AvgIpc) is 2.62. The number of hydrogen-bond donors (Lipinski definition) is 1. The predicted octanol–water partition coefficient (Wildman–Crippen LogP) is 2.48. The molecule has 2 rings (SSSR count). The summed E-state index contributed by atoms with van der Waals surface area (Å²) in [5.41, 5.74) is -0.432. The molecule has 0 heterocycles. The lowest BCUT2D eigenvalue weighted by Gasteiger charge is -2.25. The molecule has 0 saturated heterocycles. The SMILES string of the molecule is Cc1cc([N+](=O)[O-])ccc1N(CCC(=O)O)S(=O)(=O)c1cccc([N+](=O)[O-])c1. The Hall–Kier alpha value is -3.54. The third kappa shape index (κ3) is 4.40. The second-order valence-electron chi connectivity index (χ2n) is 5.70. The lowest BCUT2D eigenvalue weighted by molar-refractivity contribution is -0.385. The van der Waals surface area contributed by atoms with Crippen LogP contribution in [0.5, 0.6) is 0 Å². The maximum Gasteiger partial charge on any atom is 0.305 e. The van der Waals surface area contributed by atoms with Gasteiger partial charge in [-0.15, -0.1) is 0 Å². The monoisotopic (exact) mass is 409 g/mol. The van der Waals surface area contributed by atoms with Gasteiger partial charge < -0.3 is 5.11 Å². The molecule has 2 aromatic carbocycles. The minimum Gasteiger partial charge on any atom is -0.481 e. The van der Waals surface area contributed by atoms with Crippen molar-refractivity contribution < 1.29 is 28.2 Å². The van der Waals surface area contributed by atoms with E-state index >= 15 is 0 Å². The number of nitro benzene ring substituents is 2. The average molecular weight is 409 g/mol. The third-order valence-corrected chi connectivity index (χ3v) is 5.61. The fourth-order valence-corrected chi connectivity index (χ4v) is 4.06. The maximum absolute atomic E-state index is 13.1. The number of aliphatic carboxylic acids is 1. The molecule has 28 heavy (non-hydrogen) atoms. The Morgan fingerprint density at radius 1 is 1.07 bits per heavy atom. The van der Waals surface area contributed by atoms with Crippen LogP contribution in [0.1, 0.15) is 12.0 Å². The van der Waals surface area contributed by atoms with E-state index in [2.05, 4.69) is 0 Å². The quantitative estimate of drug-likeness (QED) is 0.513. The highest BCUT2D eigenvalue weighted by molar-refractivity contribution is 7.92. The predicted molar refractivity (Wildman–Crippen MR) is 97.7 cm³/mol. The van der Waals surface area contributed by atoms with E-state index < -0.39 is 49.4 Å². The topological polar surface area (TPSA) is 161 Å². The van der Waals surface area contributed by atoms with Crippen molar-refractivity contribution in [3.05, 3.63) is 68.3 Å². The molecule has 12 heteroatoms. The van der Waals surface area contributed by atoms with Gasteiger partial charge in [0.15, 0.2) is 0 Å². The smallest absolute Gasteiger partial charge is 0.305 e. The molecule has 0 spiro atoms. The van der Waals surface area contributed by atoms with Crippen LogP contribution < -0.4 is 4.31 Å². The van der Waals surface area contributed by atoms with Gasteiger partial charge in [0, 0.05) is 30.8 Å². The molecular weight excluding hydrogens is 394 g/mol. The normalized spacial score (nSPS) is 11.0. The van der Waals surface area contributed by atoms with Crippen molar-refractivity contribution in [3.8, 4) is 0 Å². The molecule has 11 nitrogen and oxygen atoms in total. The number of rotatable bonds is 8. The Balaban J connectivity index is 2.59. The second kappa shape index (κ2) is 8.00. The van der Waals surface area contributed by atoms with Crippen LogP contribution >= 0.6 is 0 Å². The minimum absolute atomic E-state index is 0.0401. The first kappa shape index (κ1) is 20.8. The number of sulfonamides is 1. The minimum atomic E-state index is -4.37. The highest BCUT2D eigenvalue weighted by atomic mass is 32.2. The Kier molecular flexibility index (Phi) is 5.93. The number of nitrogens with zero attached hydrogens (tertiary/aromatic N) is 3. The number of benzene rings is 2. The van der Waals surface area contributed by atoms with Crippen molar-refractivity contribution >= 4 is 33.1 Å². The van der Waals surface area contributed by atoms with Gasteiger partial charge in [-0.05, 0) is 24.6 Å². The fraction of sp³-hybridized carbons (Fsp3) is 0.188. The standard InChI is InChI=1S/C16H15N3O8S/c1-11-9-13(19(24)25)5-6-15(11)17(8-7-16(20)21)28(26,27)14-4-2-3-12(10-14)18(22)23/h2-6,9-10H,7-8H2,1H3,(H,20,21). The molecule has 148 valence electrons. The molecule has 0 amide bonds. The lowest BCUT2D eigenvalue weighted by atomic mass is 10.2. The summed E-state index contributed by atoms with van der Waals surface area (Å²) in [7, 11) is -4.37. The zero-order chi connectivity index (χ0) is 21.1. The molecule has 2 aromatic rings. The Labute approximate surface area is 159 Å². The number of hydrogen-bond acceptors (Lipinski definition) is 7. The number of nitro groups is 2. The summed E-state index contributed by atoms with van der Waals surface area (Å²) in [4.78, 5) is 31.0. The van der Waals surface area contributed by atoms with E-state index in [1.807, 2.05) is 0 Å². The van der Waals surface area contributed by atoms with Gasteiger partial charge in [-0.1, -0.05) is 6.07 Å². The second-order valence-corrected chi connectivity index (χ2v) is 7.57. The van der Waals surface area contributed by atoms with Crippen LogP contribution in [0.3, 0.4) is 0 Å². The Bertz CT molecular complexity index is 1050. The molecule has 0 bridgehead atoms. The van der Waals surface area contributed by atoms with E-state index in [0.29, 0.717) is 0 Å².